The maximum Gasteiger partial charge on any atom is 0.181 e. The van der Waals surface area contributed by atoms with Crippen molar-refractivity contribution in [3.8, 4) is 0 Å². The quantitative estimate of drug-likeness (QED) is 0.931. The summed E-state index contributed by atoms with van der Waals surface area (Å²) in [5, 5.41) is 3.19. The van der Waals surface area contributed by atoms with Crippen LogP contribution in [0.25, 0.3) is 0 Å². The molecule has 0 aliphatic carbocycles. The van der Waals surface area contributed by atoms with Crippen LogP contribution in [0.4, 0.5) is 0 Å². The Morgan fingerprint density at radius 3 is 2.35 bits per heavy atom. The zero-order chi connectivity index (χ0) is 15.1. The first kappa shape index (κ1) is 15.5. The van der Waals surface area contributed by atoms with Crippen molar-refractivity contribution >= 4 is 9.84 Å². The largest absolute Gasteiger partial charge is 0.310 e. The highest BCUT2D eigenvalue weighted by Gasteiger charge is 2.41. The zero-order valence-electron chi connectivity index (χ0n) is 13.0. The summed E-state index contributed by atoms with van der Waals surface area (Å²) in [6.45, 7) is 10.9. The van der Waals surface area contributed by atoms with E-state index in [1.807, 2.05) is 33.8 Å². The molecule has 3 nitrogen and oxygen atoms in total. The molecule has 1 aromatic carbocycles. The number of rotatable bonds is 3. The highest BCUT2D eigenvalue weighted by molar-refractivity contribution is 7.92. The van der Waals surface area contributed by atoms with Gasteiger partial charge >= 0.3 is 0 Å². The zero-order valence-corrected chi connectivity index (χ0v) is 13.8. The van der Waals surface area contributed by atoms with E-state index in [9.17, 15) is 8.42 Å². The van der Waals surface area contributed by atoms with E-state index in [4.69, 9.17) is 0 Å². The van der Waals surface area contributed by atoms with E-state index >= 15 is 0 Å². The van der Waals surface area contributed by atoms with Gasteiger partial charge in [0.15, 0.2) is 9.84 Å². The van der Waals surface area contributed by atoms with Crippen LogP contribution in [-0.4, -0.2) is 20.2 Å². The molecule has 0 saturated heterocycles. The van der Waals surface area contributed by atoms with Gasteiger partial charge in [0.25, 0.3) is 0 Å². The Kier molecular flexibility index (Phi) is 4.26. The molecule has 3 unspecified atom stereocenters. The number of hydrogen-bond acceptors (Lipinski definition) is 3. The summed E-state index contributed by atoms with van der Waals surface area (Å²) in [4.78, 5) is 0.528. The van der Waals surface area contributed by atoms with Crippen LogP contribution in [0.3, 0.4) is 0 Å². The maximum absolute atomic E-state index is 12.7. The van der Waals surface area contributed by atoms with E-state index in [2.05, 4.69) is 18.3 Å². The minimum Gasteiger partial charge on any atom is -0.310 e. The highest BCUT2D eigenvalue weighted by atomic mass is 32.2. The molecular formula is C16H25NO2S. The summed E-state index contributed by atoms with van der Waals surface area (Å²) in [7, 11) is -3.21. The van der Waals surface area contributed by atoms with E-state index in [1.165, 1.54) is 0 Å². The first-order chi connectivity index (χ1) is 9.30. The molecular weight excluding hydrogens is 270 g/mol. The molecule has 1 heterocycles. The summed E-state index contributed by atoms with van der Waals surface area (Å²) < 4.78 is 25.3. The van der Waals surface area contributed by atoms with Gasteiger partial charge in [-0.05, 0) is 62.4 Å². The second-order valence-corrected chi connectivity index (χ2v) is 8.29. The van der Waals surface area contributed by atoms with Gasteiger partial charge < -0.3 is 5.32 Å². The van der Waals surface area contributed by atoms with E-state index < -0.39 is 9.84 Å². The highest BCUT2D eigenvalue weighted by Crippen LogP contribution is 2.41. The van der Waals surface area contributed by atoms with Gasteiger partial charge in [0.2, 0.25) is 0 Å². The van der Waals surface area contributed by atoms with Crippen LogP contribution in [0, 0.1) is 19.8 Å². The van der Waals surface area contributed by atoms with Crippen molar-refractivity contribution in [2.75, 3.05) is 6.54 Å². The third kappa shape index (κ3) is 2.40. The average molecular weight is 295 g/mol. The first-order valence-electron chi connectivity index (χ1n) is 7.39. The molecule has 4 heteroatoms. The van der Waals surface area contributed by atoms with Gasteiger partial charge in [0.05, 0.1) is 10.1 Å². The summed E-state index contributed by atoms with van der Waals surface area (Å²) in [5.41, 5.74) is 3.15. The maximum atomic E-state index is 12.7. The molecule has 1 aliphatic rings. The van der Waals surface area contributed by atoms with Gasteiger partial charge in [-0.2, -0.15) is 0 Å². The molecule has 2 rings (SSSR count). The lowest BCUT2D eigenvalue weighted by Gasteiger charge is -2.36. The molecule has 112 valence electrons. The Morgan fingerprint density at radius 2 is 1.75 bits per heavy atom. The second-order valence-electron chi connectivity index (χ2n) is 6.02. The van der Waals surface area contributed by atoms with Crippen molar-refractivity contribution in [2.45, 2.75) is 57.2 Å². The number of fused-ring (bicyclic) bond motifs is 1. The molecule has 0 radical (unpaired) electrons. The Hall–Kier alpha value is -0.870. The topological polar surface area (TPSA) is 46.2 Å². The van der Waals surface area contributed by atoms with Crippen LogP contribution in [0.15, 0.2) is 17.0 Å². The van der Waals surface area contributed by atoms with Gasteiger partial charge in [-0.25, -0.2) is 8.42 Å². The van der Waals surface area contributed by atoms with Crippen LogP contribution in [0.1, 0.15) is 49.9 Å². The minimum atomic E-state index is -3.21. The third-order valence-corrected chi connectivity index (χ3v) is 7.01. The second kappa shape index (κ2) is 5.49. The van der Waals surface area contributed by atoms with E-state index in [1.54, 1.807) is 0 Å². The van der Waals surface area contributed by atoms with Gasteiger partial charge in [-0.3, -0.25) is 0 Å². The molecule has 1 aromatic rings. The summed E-state index contributed by atoms with van der Waals surface area (Å²) in [5.74, 6) is 0.0844. The van der Waals surface area contributed by atoms with Crippen molar-refractivity contribution in [3.63, 3.8) is 0 Å². The predicted molar refractivity (Wildman–Crippen MR) is 82.8 cm³/mol. The molecule has 0 spiro atoms. The number of hydrogen-bond donors (Lipinski definition) is 1. The molecule has 0 amide bonds. The van der Waals surface area contributed by atoms with Crippen molar-refractivity contribution in [2.24, 2.45) is 5.92 Å². The van der Waals surface area contributed by atoms with Crippen LogP contribution in [0.5, 0.6) is 0 Å². The third-order valence-electron chi connectivity index (χ3n) is 4.64. The Bertz CT molecular complexity index is 607. The van der Waals surface area contributed by atoms with Crippen LogP contribution in [-0.2, 0) is 9.84 Å². The summed E-state index contributed by atoms with van der Waals surface area (Å²) >= 11 is 0. The lowest BCUT2D eigenvalue weighted by Crippen LogP contribution is -2.41. The van der Waals surface area contributed by atoms with E-state index in [0.29, 0.717) is 4.90 Å². The van der Waals surface area contributed by atoms with Crippen molar-refractivity contribution in [3.05, 3.63) is 28.8 Å². The number of aryl methyl sites for hydroxylation is 2. The first-order valence-corrected chi connectivity index (χ1v) is 8.93. The number of benzene rings is 1. The predicted octanol–water partition coefficient (Wildman–Crippen LogP) is 3.16. The van der Waals surface area contributed by atoms with Gasteiger partial charge in [-0.15, -0.1) is 0 Å². The molecule has 3 atom stereocenters. The molecule has 0 bridgehead atoms. The molecule has 1 N–H and O–H groups in total. The normalized spacial score (nSPS) is 28.1. The van der Waals surface area contributed by atoms with E-state index in [-0.39, 0.29) is 17.2 Å². The monoisotopic (exact) mass is 295 g/mol. The van der Waals surface area contributed by atoms with Crippen LogP contribution >= 0.6 is 0 Å². The van der Waals surface area contributed by atoms with Crippen LogP contribution < -0.4 is 5.32 Å². The summed E-state index contributed by atoms with van der Waals surface area (Å²) in [6.07, 6.45) is 1.05. The van der Waals surface area contributed by atoms with Crippen molar-refractivity contribution in [1.29, 1.82) is 0 Å². The van der Waals surface area contributed by atoms with Gasteiger partial charge in [-0.1, -0.05) is 19.9 Å². The molecule has 0 fully saturated rings. The molecule has 20 heavy (non-hydrogen) atoms. The SMILES string of the molecule is CCCNC1c2cc(C)c(C)cc2S(=O)(=O)C(C)C1C. The fourth-order valence-electron chi connectivity index (χ4n) is 2.93. The molecule has 0 saturated carbocycles. The van der Waals surface area contributed by atoms with Gasteiger partial charge in [0.1, 0.15) is 0 Å². The number of sulfone groups is 1. The Labute approximate surface area is 122 Å². The van der Waals surface area contributed by atoms with Crippen LogP contribution in [0.2, 0.25) is 0 Å². The lowest BCUT2D eigenvalue weighted by molar-refractivity contribution is 0.358. The summed E-state index contributed by atoms with van der Waals surface area (Å²) in [6, 6.07) is 4.03. The molecule has 1 aliphatic heterocycles. The fourth-order valence-corrected chi connectivity index (χ4v) is 4.91. The smallest absolute Gasteiger partial charge is 0.181 e. The van der Waals surface area contributed by atoms with Gasteiger partial charge in [0, 0.05) is 6.04 Å². The molecule has 0 aromatic heterocycles. The Morgan fingerprint density at radius 1 is 1.15 bits per heavy atom. The number of nitrogens with one attached hydrogen (secondary N) is 1. The Balaban J connectivity index is 2.62. The minimum absolute atomic E-state index is 0.0844. The van der Waals surface area contributed by atoms with E-state index in [0.717, 1.165) is 29.7 Å². The standard InChI is InChI=1S/C16H25NO2S/c1-6-7-17-16-12(4)13(5)20(18,19)15-9-11(3)10(2)8-14(15)16/h8-9,12-13,16-17H,6-7H2,1-5H3. The van der Waals surface area contributed by atoms with Crippen molar-refractivity contribution in [1.82, 2.24) is 5.32 Å². The lowest BCUT2D eigenvalue weighted by atomic mass is 9.89. The average Bonchev–Trinajstić information content (AvgIpc) is 2.39. The van der Waals surface area contributed by atoms with Crippen molar-refractivity contribution < 1.29 is 8.42 Å². The fraction of sp³-hybridized carbons (Fsp3) is 0.625.